The number of halogens is 2. The maximum atomic E-state index is 6.31. The number of nitrogens with one attached hydrogen (secondary N) is 1. The van der Waals surface area contributed by atoms with Crippen molar-refractivity contribution in [2.24, 2.45) is 0 Å². The van der Waals surface area contributed by atoms with E-state index in [2.05, 4.69) is 43.8 Å². The predicted molar refractivity (Wildman–Crippen MR) is 136 cm³/mol. The number of pyridine rings is 1. The van der Waals surface area contributed by atoms with Gasteiger partial charge in [-0.25, -0.2) is 9.97 Å². The van der Waals surface area contributed by atoms with Crippen LogP contribution in [-0.2, 0) is 13.0 Å². The molecule has 5 aromatic rings. The molecule has 5 nitrogen and oxygen atoms in total. The Hall–Kier alpha value is -3.28. The Kier molecular flexibility index (Phi) is 5.52. The first-order chi connectivity index (χ1) is 16.7. The summed E-state index contributed by atoms with van der Waals surface area (Å²) in [6, 6.07) is 16.5. The van der Waals surface area contributed by atoms with Gasteiger partial charge < -0.3 is 14.3 Å². The van der Waals surface area contributed by atoms with E-state index in [4.69, 9.17) is 27.9 Å². The molecular formula is C27H22Cl2N4O. The van der Waals surface area contributed by atoms with Crippen molar-refractivity contribution in [2.45, 2.75) is 31.9 Å². The summed E-state index contributed by atoms with van der Waals surface area (Å²) in [6.07, 6.45) is 11.1. The highest BCUT2D eigenvalue weighted by molar-refractivity contribution is 6.42. The minimum absolute atomic E-state index is 0.273. The van der Waals surface area contributed by atoms with Crippen LogP contribution in [0.15, 0.2) is 73.4 Å². The van der Waals surface area contributed by atoms with Gasteiger partial charge in [-0.3, -0.25) is 0 Å². The molecule has 7 heteroatoms. The van der Waals surface area contributed by atoms with Crippen molar-refractivity contribution in [3.05, 3.63) is 100 Å². The van der Waals surface area contributed by atoms with Crippen LogP contribution in [0.4, 0.5) is 0 Å². The average molecular weight is 489 g/mol. The van der Waals surface area contributed by atoms with Gasteiger partial charge in [0.05, 0.1) is 46.0 Å². The summed E-state index contributed by atoms with van der Waals surface area (Å²) in [7, 11) is 0. The summed E-state index contributed by atoms with van der Waals surface area (Å²) < 4.78 is 8.28. The lowest BCUT2D eigenvalue weighted by atomic mass is 9.87. The molecule has 170 valence electrons. The molecule has 34 heavy (non-hydrogen) atoms. The van der Waals surface area contributed by atoms with Crippen LogP contribution in [0.3, 0.4) is 0 Å². The number of hydrogen-bond acceptors (Lipinski definition) is 3. The van der Waals surface area contributed by atoms with Gasteiger partial charge in [0, 0.05) is 28.8 Å². The zero-order valence-electron chi connectivity index (χ0n) is 18.3. The minimum Gasteiger partial charge on any atom is -0.473 e. The summed E-state index contributed by atoms with van der Waals surface area (Å²) >= 11 is 12.4. The number of hydrogen-bond donors (Lipinski definition) is 1. The lowest BCUT2D eigenvalue weighted by Crippen LogP contribution is -2.17. The maximum Gasteiger partial charge on any atom is 0.214 e. The highest BCUT2D eigenvalue weighted by Crippen LogP contribution is 2.38. The third kappa shape index (κ3) is 3.75. The highest BCUT2D eigenvalue weighted by Gasteiger charge is 2.24. The van der Waals surface area contributed by atoms with Crippen LogP contribution in [0.25, 0.3) is 22.2 Å². The van der Waals surface area contributed by atoms with Gasteiger partial charge in [-0.15, -0.1) is 0 Å². The van der Waals surface area contributed by atoms with E-state index in [1.165, 1.54) is 17.5 Å². The van der Waals surface area contributed by atoms with Crippen molar-refractivity contribution in [1.82, 2.24) is 19.5 Å². The zero-order chi connectivity index (χ0) is 23.1. The number of benzene rings is 2. The summed E-state index contributed by atoms with van der Waals surface area (Å²) in [6.45, 7) is 0.286. The standard InChI is InChI=1S/C27H22Cl2N4O/c28-22-9-3-7-18(27(22)29)15-34-26-11-20-21(12-31-23(20)13-32-26)25-14-30-16-33(25)24-10-4-6-17-5-1-2-8-19(17)24/h1-3,5,7-9,11-14,16,24,31H,4,6,10,15H2. The van der Waals surface area contributed by atoms with Crippen LogP contribution < -0.4 is 4.74 Å². The number of aryl methyl sites for hydroxylation is 1. The maximum absolute atomic E-state index is 6.31. The number of aromatic amines is 1. The van der Waals surface area contributed by atoms with Crippen molar-refractivity contribution in [3.63, 3.8) is 0 Å². The molecule has 3 heterocycles. The Balaban J connectivity index is 1.34. The van der Waals surface area contributed by atoms with Gasteiger partial charge in [-0.1, -0.05) is 59.6 Å². The first-order valence-electron chi connectivity index (χ1n) is 11.3. The SMILES string of the molecule is Clc1cccc(COc2cc3c(-c4cncn4C4CCCc5ccccc54)c[nH]c3cn2)c1Cl. The monoisotopic (exact) mass is 488 g/mol. The Morgan fingerprint density at radius 1 is 1.09 bits per heavy atom. The fourth-order valence-electron chi connectivity index (χ4n) is 4.88. The summed E-state index contributed by atoms with van der Waals surface area (Å²) in [5.74, 6) is 0.526. The van der Waals surface area contributed by atoms with Gasteiger partial charge in [0.15, 0.2) is 0 Å². The molecule has 0 aliphatic heterocycles. The van der Waals surface area contributed by atoms with Crippen LogP contribution in [0.5, 0.6) is 5.88 Å². The number of aromatic nitrogens is 4. The van der Waals surface area contributed by atoms with Crippen molar-refractivity contribution >= 4 is 34.1 Å². The molecule has 1 atom stereocenters. The number of rotatable bonds is 5. The average Bonchev–Trinajstić information content (AvgIpc) is 3.51. The van der Waals surface area contributed by atoms with Crippen LogP contribution in [-0.4, -0.2) is 19.5 Å². The van der Waals surface area contributed by atoms with E-state index in [1.807, 2.05) is 36.9 Å². The molecule has 0 bridgehead atoms. The predicted octanol–water partition coefficient (Wildman–Crippen LogP) is 7.24. The molecule has 0 spiro atoms. The smallest absolute Gasteiger partial charge is 0.214 e. The second-order valence-corrected chi connectivity index (χ2v) is 9.35. The molecule has 0 fully saturated rings. The molecule has 0 amide bonds. The van der Waals surface area contributed by atoms with E-state index in [0.717, 1.165) is 40.6 Å². The minimum atomic E-state index is 0.273. The molecule has 0 saturated carbocycles. The van der Waals surface area contributed by atoms with Crippen LogP contribution >= 0.6 is 23.2 Å². The first kappa shape index (κ1) is 21.3. The van der Waals surface area contributed by atoms with E-state index in [9.17, 15) is 0 Å². The van der Waals surface area contributed by atoms with E-state index < -0.39 is 0 Å². The zero-order valence-corrected chi connectivity index (χ0v) is 19.9. The normalized spacial score (nSPS) is 15.4. The molecule has 1 unspecified atom stereocenters. The summed E-state index contributed by atoms with van der Waals surface area (Å²) in [5, 5.41) is 2.05. The molecular weight excluding hydrogens is 467 g/mol. The number of nitrogens with zero attached hydrogens (tertiary/aromatic N) is 3. The van der Waals surface area contributed by atoms with Gasteiger partial charge in [-0.05, 0) is 36.5 Å². The molecule has 1 aliphatic rings. The van der Waals surface area contributed by atoms with Crippen molar-refractivity contribution in [3.8, 4) is 17.1 Å². The molecule has 2 aromatic carbocycles. The highest BCUT2D eigenvalue weighted by atomic mass is 35.5. The van der Waals surface area contributed by atoms with Gasteiger partial charge in [0.25, 0.3) is 0 Å². The second-order valence-electron chi connectivity index (χ2n) is 8.57. The number of ether oxygens (including phenoxy) is 1. The van der Waals surface area contributed by atoms with Crippen molar-refractivity contribution < 1.29 is 4.74 Å². The second kappa shape index (κ2) is 8.82. The van der Waals surface area contributed by atoms with Gasteiger partial charge in [-0.2, -0.15) is 0 Å². The van der Waals surface area contributed by atoms with E-state index >= 15 is 0 Å². The Bertz CT molecular complexity index is 1490. The molecule has 1 aliphatic carbocycles. The Labute approximate surface area is 207 Å². The molecule has 6 rings (SSSR count). The van der Waals surface area contributed by atoms with Gasteiger partial charge in [0.2, 0.25) is 5.88 Å². The molecule has 3 aromatic heterocycles. The third-order valence-electron chi connectivity index (χ3n) is 6.56. The fraction of sp³-hybridized carbons (Fsp3) is 0.185. The van der Waals surface area contributed by atoms with E-state index in [0.29, 0.717) is 15.9 Å². The lowest BCUT2D eigenvalue weighted by Gasteiger charge is -2.28. The number of fused-ring (bicyclic) bond motifs is 2. The van der Waals surface area contributed by atoms with Crippen molar-refractivity contribution in [1.29, 1.82) is 0 Å². The Morgan fingerprint density at radius 3 is 2.94 bits per heavy atom. The molecule has 1 N–H and O–H groups in total. The van der Waals surface area contributed by atoms with Crippen LogP contribution in [0.2, 0.25) is 10.0 Å². The van der Waals surface area contributed by atoms with Crippen LogP contribution in [0.1, 0.15) is 35.6 Å². The lowest BCUT2D eigenvalue weighted by molar-refractivity contribution is 0.294. The quantitative estimate of drug-likeness (QED) is 0.283. The summed E-state index contributed by atoms with van der Waals surface area (Å²) in [5.41, 5.74) is 6.72. The van der Waals surface area contributed by atoms with Crippen LogP contribution in [0, 0.1) is 0 Å². The Morgan fingerprint density at radius 2 is 2.00 bits per heavy atom. The first-order valence-corrected chi connectivity index (χ1v) is 12.1. The van der Waals surface area contributed by atoms with Crippen molar-refractivity contribution in [2.75, 3.05) is 0 Å². The topological polar surface area (TPSA) is 55.7 Å². The summed E-state index contributed by atoms with van der Waals surface area (Å²) in [4.78, 5) is 12.3. The van der Waals surface area contributed by atoms with E-state index in [-0.39, 0.29) is 12.6 Å². The fourth-order valence-corrected chi connectivity index (χ4v) is 5.26. The number of imidazole rings is 1. The largest absolute Gasteiger partial charge is 0.473 e. The number of H-pyrrole nitrogens is 1. The van der Waals surface area contributed by atoms with Gasteiger partial charge in [0.1, 0.15) is 6.61 Å². The third-order valence-corrected chi connectivity index (χ3v) is 7.42. The van der Waals surface area contributed by atoms with E-state index in [1.54, 1.807) is 12.3 Å². The molecule has 0 saturated heterocycles. The van der Waals surface area contributed by atoms with Gasteiger partial charge >= 0.3 is 0 Å². The molecule has 0 radical (unpaired) electrons.